The first kappa shape index (κ1) is 13.1. The van der Waals surface area contributed by atoms with Crippen molar-refractivity contribution in [2.45, 2.75) is 13.0 Å². The molecule has 0 radical (unpaired) electrons. The first-order valence-electron chi connectivity index (χ1n) is 6.38. The molecule has 0 saturated carbocycles. The predicted molar refractivity (Wildman–Crippen MR) is 75.6 cm³/mol. The summed E-state index contributed by atoms with van der Waals surface area (Å²) in [6.45, 7) is 0.151. The maximum absolute atomic E-state index is 12.3. The molecule has 0 bridgehead atoms. The average molecular weight is 294 g/mol. The summed E-state index contributed by atoms with van der Waals surface area (Å²) in [5.41, 5.74) is -0.357. The highest BCUT2D eigenvalue weighted by Gasteiger charge is 2.28. The van der Waals surface area contributed by atoms with Crippen LogP contribution in [0.3, 0.4) is 0 Å². The summed E-state index contributed by atoms with van der Waals surface area (Å²) in [5.74, 6) is 0.0174. The topological polar surface area (TPSA) is 89.0 Å². The Morgan fingerprint density at radius 3 is 2.70 bits per heavy atom. The van der Waals surface area contributed by atoms with Gasteiger partial charge in [0.2, 0.25) is 0 Å². The van der Waals surface area contributed by atoms with Crippen LogP contribution in [0.4, 0.5) is 0 Å². The van der Waals surface area contributed by atoms with Crippen LogP contribution in [0.1, 0.15) is 6.42 Å². The molecule has 3 rings (SSSR count). The number of nitrogens with one attached hydrogen (secondary N) is 1. The van der Waals surface area contributed by atoms with Gasteiger partial charge in [-0.3, -0.25) is 9.36 Å². The van der Waals surface area contributed by atoms with Crippen LogP contribution in [-0.2, 0) is 16.4 Å². The van der Waals surface area contributed by atoms with E-state index in [9.17, 15) is 18.0 Å². The van der Waals surface area contributed by atoms with E-state index in [0.29, 0.717) is 17.3 Å². The Hall–Kier alpha value is -1.89. The van der Waals surface area contributed by atoms with Gasteiger partial charge in [-0.25, -0.2) is 13.2 Å². The minimum Gasteiger partial charge on any atom is -0.307 e. The maximum atomic E-state index is 12.3. The number of fused-ring (bicyclic) bond motifs is 1. The largest absolute Gasteiger partial charge is 0.328 e. The second-order valence-corrected chi connectivity index (χ2v) is 7.39. The van der Waals surface area contributed by atoms with Gasteiger partial charge in [-0.15, -0.1) is 0 Å². The van der Waals surface area contributed by atoms with Gasteiger partial charge < -0.3 is 4.98 Å². The number of hydrogen-bond acceptors (Lipinski definition) is 4. The van der Waals surface area contributed by atoms with Crippen molar-refractivity contribution in [2.24, 2.45) is 5.92 Å². The predicted octanol–water partition coefficient (Wildman–Crippen LogP) is 0.125. The van der Waals surface area contributed by atoms with E-state index in [2.05, 4.69) is 4.98 Å². The summed E-state index contributed by atoms with van der Waals surface area (Å²) in [4.78, 5) is 26.9. The molecular weight excluding hydrogens is 280 g/mol. The third-order valence-corrected chi connectivity index (χ3v) is 5.49. The summed E-state index contributed by atoms with van der Waals surface area (Å²) in [5, 5.41) is 0.438. The Bertz CT molecular complexity index is 879. The number of rotatable bonds is 2. The Labute approximate surface area is 115 Å². The SMILES string of the molecule is O=c1[nH]c2ccccc2c(=O)n1C[C@H]1CCS(=O)(=O)C1. The zero-order chi connectivity index (χ0) is 14.3. The van der Waals surface area contributed by atoms with Gasteiger partial charge in [0.15, 0.2) is 9.84 Å². The Morgan fingerprint density at radius 1 is 1.25 bits per heavy atom. The molecule has 1 aromatic heterocycles. The van der Waals surface area contributed by atoms with Crippen molar-refractivity contribution >= 4 is 20.7 Å². The van der Waals surface area contributed by atoms with Crippen molar-refractivity contribution < 1.29 is 8.42 Å². The summed E-state index contributed by atoms with van der Waals surface area (Å²) >= 11 is 0. The molecule has 1 fully saturated rings. The summed E-state index contributed by atoms with van der Waals surface area (Å²) in [7, 11) is -3.01. The van der Waals surface area contributed by atoms with E-state index in [1.165, 1.54) is 0 Å². The van der Waals surface area contributed by atoms with Gasteiger partial charge in [-0.1, -0.05) is 12.1 Å². The van der Waals surface area contributed by atoms with Crippen LogP contribution in [0.5, 0.6) is 0 Å². The fourth-order valence-electron chi connectivity index (χ4n) is 2.64. The number of benzene rings is 1. The van der Waals surface area contributed by atoms with Crippen LogP contribution in [0, 0.1) is 5.92 Å². The van der Waals surface area contributed by atoms with E-state index < -0.39 is 15.5 Å². The first-order chi connectivity index (χ1) is 9.46. The van der Waals surface area contributed by atoms with Crippen molar-refractivity contribution in [1.29, 1.82) is 0 Å². The van der Waals surface area contributed by atoms with E-state index in [1.807, 2.05) is 0 Å². The fourth-order valence-corrected chi connectivity index (χ4v) is 4.49. The summed E-state index contributed by atoms with van der Waals surface area (Å²) in [6.07, 6.45) is 0.501. The van der Waals surface area contributed by atoms with Crippen molar-refractivity contribution in [1.82, 2.24) is 9.55 Å². The van der Waals surface area contributed by atoms with Crippen LogP contribution >= 0.6 is 0 Å². The number of nitrogens with zero attached hydrogens (tertiary/aromatic N) is 1. The Balaban J connectivity index is 2.04. The number of hydrogen-bond donors (Lipinski definition) is 1. The molecule has 2 heterocycles. The molecule has 1 N–H and O–H groups in total. The molecule has 1 atom stereocenters. The molecule has 0 amide bonds. The zero-order valence-electron chi connectivity index (χ0n) is 10.7. The molecule has 1 aromatic carbocycles. The second-order valence-electron chi connectivity index (χ2n) is 5.16. The normalized spacial score (nSPS) is 21.3. The fraction of sp³-hybridized carbons (Fsp3) is 0.385. The molecule has 6 nitrogen and oxygen atoms in total. The molecule has 7 heteroatoms. The molecule has 0 aliphatic carbocycles. The Morgan fingerprint density at radius 2 is 2.00 bits per heavy atom. The smallest absolute Gasteiger partial charge is 0.307 e. The quantitative estimate of drug-likeness (QED) is 0.852. The van der Waals surface area contributed by atoms with Crippen molar-refractivity contribution in [3.05, 3.63) is 45.1 Å². The lowest BCUT2D eigenvalue weighted by molar-refractivity contribution is 0.468. The minimum absolute atomic E-state index is 0.0473. The third-order valence-electron chi connectivity index (χ3n) is 3.66. The lowest BCUT2D eigenvalue weighted by atomic mass is 10.1. The van der Waals surface area contributed by atoms with E-state index in [4.69, 9.17) is 0 Å². The highest BCUT2D eigenvalue weighted by molar-refractivity contribution is 7.91. The average Bonchev–Trinajstić information content (AvgIpc) is 2.74. The number of para-hydroxylation sites is 1. The monoisotopic (exact) mass is 294 g/mol. The molecule has 106 valence electrons. The molecule has 0 spiro atoms. The number of sulfone groups is 1. The molecule has 1 saturated heterocycles. The highest BCUT2D eigenvalue weighted by Crippen LogP contribution is 2.19. The van der Waals surface area contributed by atoms with E-state index in [0.717, 1.165) is 4.57 Å². The van der Waals surface area contributed by atoms with Gasteiger partial charge in [0.05, 0.1) is 22.4 Å². The van der Waals surface area contributed by atoms with Gasteiger partial charge in [0, 0.05) is 6.54 Å². The van der Waals surface area contributed by atoms with Gasteiger partial charge in [0.25, 0.3) is 5.56 Å². The molecular formula is C13H14N2O4S. The van der Waals surface area contributed by atoms with Crippen LogP contribution < -0.4 is 11.2 Å². The van der Waals surface area contributed by atoms with Gasteiger partial charge in [-0.2, -0.15) is 0 Å². The van der Waals surface area contributed by atoms with E-state index in [-0.39, 0.29) is 29.5 Å². The highest BCUT2D eigenvalue weighted by atomic mass is 32.2. The van der Waals surface area contributed by atoms with E-state index in [1.54, 1.807) is 24.3 Å². The number of H-pyrrole nitrogens is 1. The van der Waals surface area contributed by atoms with Gasteiger partial charge in [-0.05, 0) is 24.5 Å². The molecule has 0 unspecified atom stereocenters. The van der Waals surface area contributed by atoms with Gasteiger partial charge in [0.1, 0.15) is 0 Å². The summed E-state index contributed by atoms with van der Waals surface area (Å²) < 4.78 is 24.0. The number of aromatic amines is 1. The standard InChI is InChI=1S/C13H14N2O4S/c16-12-10-3-1-2-4-11(10)14-13(17)15(12)7-9-5-6-20(18,19)8-9/h1-4,9H,5-8H2,(H,14,17)/t9-/m1/s1. The van der Waals surface area contributed by atoms with E-state index >= 15 is 0 Å². The van der Waals surface area contributed by atoms with Crippen molar-refractivity contribution in [2.75, 3.05) is 11.5 Å². The number of aromatic nitrogens is 2. The molecule has 2 aromatic rings. The third kappa shape index (κ3) is 2.29. The van der Waals surface area contributed by atoms with Crippen LogP contribution in [0.2, 0.25) is 0 Å². The zero-order valence-corrected chi connectivity index (χ0v) is 11.5. The molecule has 1 aliphatic heterocycles. The van der Waals surface area contributed by atoms with Crippen molar-refractivity contribution in [3.63, 3.8) is 0 Å². The lowest BCUT2D eigenvalue weighted by Crippen LogP contribution is -2.37. The van der Waals surface area contributed by atoms with Crippen LogP contribution in [0.15, 0.2) is 33.9 Å². The lowest BCUT2D eigenvalue weighted by Gasteiger charge is -2.10. The van der Waals surface area contributed by atoms with Crippen LogP contribution in [-0.4, -0.2) is 29.5 Å². The van der Waals surface area contributed by atoms with Gasteiger partial charge >= 0.3 is 5.69 Å². The molecule has 1 aliphatic rings. The molecule has 20 heavy (non-hydrogen) atoms. The Kier molecular flexibility index (Phi) is 3.01. The van der Waals surface area contributed by atoms with Crippen LogP contribution in [0.25, 0.3) is 10.9 Å². The maximum Gasteiger partial charge on any atom is 0.328 e. The minimum atomic E-state index is -3.01. The first-order valence-corrected chi connectivity index (χ1v) is 8.21. The summed E-state index contributed by atoms with van der Waals surface area (Å²) in [6, 6.07) is 6.79. The second kappa shape index (κ2) is 4.59. The van der Waals surface area contributed by atoms with Crippen molar-refractivity contribution in [3.8, 4) is 0 Å².